The Kier molecular flexibility index (Phi) is 5.42. The highest BCUT2D eigenvalue weighted by Gasteiger charge is 2.30. The lowest BCUT2D eigenvalue weighted by Gasteiger charge is -2.39. The topological polar surface area (TPSA) is 15.3 Å². The molecule has 1 fully saturated rings. The van der Waals surface area contributed by atoms with E-state index in [-0.39, 0.29) is 11.9 Å². The average Bonchev–Trinajstić information content (AvgIpc) is 2.48. The molecule has 0 spiro atoms. The number of benzene rings is 1. The fourth-order valence-corrected chi connectivity index (χ4v) is 3.23. The fourth-order valence-electron chi connectivity index (χ4n) is 2.96. The van der Waals surface area contributed by atoms with E-state index in [0.717, 1.165) is 38.2 Å². The van der Waals surface area contributed by atoms with Gasteiger partial charge >= 0.3 is 0 Å². The Morgan fingerprint density at radius 2 is 2.00 bits per heavy atom. The van der Waals surface area contributed by atoms with Gasteiger partial charge in [-0.15, -0.1) is 0 Å². The molecule has 2 nitrogen and oxygen atoms in total. The lowest BCUT2D eigenvalue weighted by molar-refractivity contribution is 0.125. The van der Waals surface area contributed by atoms with Gasteiger partial charge in [-0.2, -0.15) is 0 Å². The molecule has 1 heterocycles. The molecule has 1 aliphatic rings. The van der Waals surface area contributed by atoms with E-state index in [2.05, 4.69) is 24.1 Å². The molecule has 2 atom stereocenters. The Morgan fingerprint density at radius 1 is 1.35 bits per heavy atom. The minimum atomic E-state index is -0.176. The molecule has 1 aromatic carbocycles. The molecule has 4 heteroatoms. The van der Waals surface area contributed by atoms with Gasteiger partial charge in [-0.25, -0.2) is 4.39 Å². The maximum atomic E-state index is 14.4. The van der Waals surface area contributed by atoms with Crippen LogP contribution in [0.4, 0.5) is 4.39 Å². The van der Waals surface area contributed by atoms with Crippen molar-refractivity contribution in [1.82, 2.24) is 10.2 Å². The summed E-state index contributed by atoms with van der Waals surface area (Å²) in [5.41, 5.74) is 1.63. The minimum Gasteiger partial charge on any atom is -0.314 e. The van der Waals surface area contributed by atoms with Gasteiger partial charge in [0.15, 0.2) is 0 Å². The first-order valence-corrected chi connectivity index (χ1v) is 7.83. The quantitative estimate of drug-likeness (QED) is 0.910. The SMILES string of the molecule is CCC(C)[C@@H](c1c(F)ccc(C)c1Cl)N1CCNCC1. The first-order chi connectivity index (χ1) is 9.56. The van der Waals surface area contributed by atoms with Crippen LogP contribution in [-0.4, -0.2) is 31.1 Å². The first kappa shape index (κ1) is 15.7. The standard InChI is InChI=1S/C16H24ClFN2/c1-4-11(2)16(20-9-7-19-8-10-20)14-13(18)6-5-12(3)15(14)17/h5-6,11,16,19H,4,7-10H2,1-3H3/t11?,16-/m0/s1. The van der Waals surface area contributed by atoms with Crippen molar-refractivity contribution < 1.29 is 4.39 Å². The summed E-state index contributed by atoms with van der Waals surface area (Å²) in [6.45, 7) is 10.1. The first-order valence-electron chi connectivity index (χ1n) is 7.45. The van der Waals surface area contributed by atoms with Gasteiger partial charge in [0.05, 0.1) is 5.02 Å². The minimum absolute atomic E-state index is 0.0644. The van der Waals surface area contributed by atoms with Gasteiger partial charge in [0.25, 0.3) is 0 Å². The van der Waals surface area contributed by atoms with Gasteiger partial charge < -0.3 is 5.32 Å². The predicted octanol–water partition coefficient (Wildman–Crippen LogP) is 3.78. The smallest absolute Gasteiger partial charge is 0.129 e. The van der Waals surface area contributed by atoms with Crippen molar-refractivity contribution in [2.45, 2.75) is 33.2 Å². The summed E-state index contributed by atoms with van der Waals surface area (Å²) in [6.07, 6.45) is 1.01. The highest BCUT2D eigenvalue weighted by atomic mass is 35.5. The zero-order valence-electron chi connectivity index (χ0n) is 12.5. The van der Waals surface area contributed by atoms with Gasteiger partial charge in [-0.3, -0.25) is 4.90 Å². The number of piperazine rings is 1. The summed E-state index contributed by atoms with van der Waals surface area (Å²) in [4.78, 5) is 2.37. The molecule has 2 rings (SSSR count). The second-order valence-corrected chi connectivity index (χ2v) is 6.09. The molecule has 1 aliphatic heterocycles. The lowest BCUT2D eigenvalue weighted by atomic mass is 9.89. The predicted molar refractivity (Wildman–Crippen MR) is 82.8 cm³/mol. The number of nitrogens with zero attached hydrogens (tertiary/aromatic N) is 1. The van der Waals surface area contributed by atoms with E-state index >= 15 is 0 Å². The van der Waals surface area contributed by atoms with Crippen LogP contribution < -0.4 is 5.32 Å². The zero-order chi connectivity index (χ0) is 14.7. The highest BCUT2D eigenvalue weighted by molar-refractivity contribution is 6.32. The van der Waals surface area contributed by atoms with Crippen LogP contribution in [0.2, 0.25) is 5.02 Å². The van der Waals surface area contributed by atoms with Gasteiger partial charge in [0.1, 0.15) is 5.82 Å². The van der Waals surface area contributed by atoms with Crippen molar-refractivity contribution in [2.75, 3.05) is 26.2 Å². The van der Waals surface area contributed by atoms with Crippen LogP contribution in [0, 0.1) is 18.7 Å². The molecule has 112 valence electrons. The zero-order valence-corrected chi connectivity index (χ0v) is 13.3. The third-order valence-corrected chi connectivity index (χ3v) is 4.85. The molecule has 0 amide bonds. The van der Waals surface area contributed by atoms with Crippen LogP contribution in [0.5, 0.6) is 0 Å². The molecule has 1 N–H and O–H groups in total. The van der Waals surface area contributed by atoms with E-state index in [1.165, 1.54) is 0 Å². The van der Waals surface area contributed by atoms with Crippen LogP contribution in [0.25, 0.3) is 0 Å². The summed E-state index contributed by atoms with van der Waals surface area (Å²) in [5, 5.41) is 3.94. The maximum Gasteiger partial charge on any atom is 0.129 e. The lowest BCUT2D eigenvalue weighted by Crippen LogP contribution is -2.46. The van der Waals surface area contributed by atoms with Crippen molar-refractivity contribution in [2.24, 2.45) is 5.92 Å². The Balaban J connectivity index is 2.43. The third kappa shape index (κ3) is 3.16. The Labute approximate surface area is 126 Å². The molecule has 0 radical (unpaired) electrons. The van der Waals surface area contributed by atoms with E-state index in [1.807, 2.05) is 6.92 Å². The van der Waals surface area contributed by atoms with Gasteiger partial charge in [0.2, 0.25) is 0 Å². The van der Waals surface area contributed by atoms with E-state index < -0.39 is 0 Å². The molecular formula is C16H24ClFN2. The van der Waals surface area contributed by atoms with Crippen molar-refractivity contribution in [3.63, 3.8) is 0 Å². The van der Waals surface area contributed by atoms with Crippen LogP contribution >= 0.6 is 11.6 Å². The van der Waals surface area contributed by atoms with Gasteiger partial charge in [0, 0.05) is 37.8 Å². The Morgan fingerprint density at radius 3 is 2.60 bits per heavy atom. The normalized spacial score (nSPS) is 19.9. The summed E-state index contributed by atoms with van der Waals surface area (Å²) in [7, 11) is 0. The molecule has 20 heavy (non-hydrogen) atoms. The number of hydrogen-bond donors (Lipinski definition) is 1. The van der Waals surface area contributed by atoms with Crippen LogP contribution in [-0.2, 0) is 0 Å². The number of aryl methyl sites for hydroxylation is 1. The van der Waals surface area contributed by atoms with E-state index in [1.54, 1.807) is 12.1 Å². The van der Waals surface area contributed by atoms with Gasteiger partial charge in [-0.05, 0) is 24.5 Å². The Hall–Kier alpha value is -0.640. The number of hydrogen-bond acceptors (Lipinski definition) is 2. The van der Waals surface area contributed by atoms with E-state index in [4.69, 9.17) is 11.6 Å². The third-order valence-electron chi connectivity index (χ3n) is 4.34. The summed E-state index contributed by atoms with van der Waals surface area (Å²) < 4.78 is 14.4. The summed E-state index contributed by atoms with van der Waals surface area (Å²) in [5.74, 6) is 0.200. The number of halogens is 2. The second kappa shape index (κ2) is 6.88. The molecule has 0 bridgehead atoms. The molecule has 1 unspecified atom stereocenters. The average molecular weight is 299 g/mol. The number of nitrogens with one attached hydrogen (secondary N) is 1. The number of rotatable bonds is 4. The molecule has 1 saturated heterocycles. The highest BCUT2D eigenvalue weighted by Crippen LogP contribution is 2.38. The van der Waals surface area contributed by atoms with Crippen LogP contribution in [0.15, 0.2) is 12.1 Å². The second-order valence-electron chi connectivity index (χ2n) is 5.71. The largest absolute Gasteiger partial charge is 0.314 e. The van der Waals surface area contributed by atoms with Crippen LogP contribution in [0.3, 0.4) is 0 Å². The van der Waals surface area contributed by atoms with Crippen molar-refractivity contribution >= 4 is 11.6 Å². The summed E-state index contributed by atoms with van der Waals surface area (Å²) in [6, 6.07) is 3.37. The molecule has 0 aromatic heterocycles. The Bertz CT molecular complexity index is 458. The van der Waals surface area contributed by atoms with Gasteiger partial charge in [-0.1, -0.05) is 37.9 Å². The van der Waals surface area contributed by atoms with E-state index in [0.29, 0.717) is 16.5 Å². The molecule has 1 aromatic rings. The molecule has 0 saturated carbocycles. The maximum absolute atomic E-state index is 14.4. The fraction of sp³-hybridized carbons (Fsp3) is 0.625. The van der Waals surface area contributed by atoms with Crippen molar-refractivity contribution in [3.8, 4) is 0 Å². The van der Waals surface area contributed by atoms with Crippen molar-refractivity contribution in [3.05, 3.63) is 34.1 Å². The van der Waals surface area contributed by atoms with Crippen molar-refractivity contribution in [1.29, 1.82) is 0 Å². The summed E-state index contributed by atoms with van der Waals surface area (Å²) >= 11 is 6.43. The monoisotopic (exact) mass is 298 g/mol. The van der Waals surface area contributed by atoms with E-state index in [9.17, 15) is 4.39 Å². The molecule has 0 aliphatic carbocycles. The molecular weight excluding hydrogens is 275 g/mol. The van der Waals surface area contributed by atoms with Crippen LogP contribution in [0.1, 0.15) is 37.4 Å².